The van der Waals surface area contributed by atoms with E-state index in [1.165, 1.54) is 5.57 Å². The van der Waals surface area contributed by atoms with Crippen LogP contribution in [0.2, 0.25) is 0 Å². The van der Waals surface area contributed by atoms with Gasteiger partial charge in [0, 0.05) is 6.42 Å². The molecule has 2 fully saturated rings. The van der Waals surface area contributed by atoms with Gasteiger partial charge in [-0.05, 0) is 109 Å². The molecule has 0 radical (unpaired) electrons. The van der Waals surface area contributed by atoms with Crippen LogP contribution in [0.4, 0.5) is 0 Å². The quantitative estimate of drug-likeness (QED) is 0.370. The Bertz CT molecular complexity index is 1310. The van der Waals surface area contributed by atoms with Crippen molar-refractivity contribution in [3.8, 4) is 0 Å². The molecule has 4 aliphatic rings. The molecule has 198 valence electrons. The van der Waals surface area contributed by atoms with Crippen molar-refractivity contribution in [1.29, 1.82) is 0 Å². The van der Waals surface area contributed by atoms with Crippen LogP contribution >= 0.6 is 0 Å². The van der Waals surface area contributed by atoms with Crippen molar-refractivity contribution in [2.45, 2.75) is 84.5 Å². The van der Waals surface area contributed by atoms with Gasteiger partial charge >= 0.3 is 0 Å². The number of benzene rings is 1. The number of allylic oxidation sites excluding steroid dienone is 5. The van der Waals surface area contributed by atoms with E-state index in [2.05, 4.69) is 44.7 Å². The first-order valence-electron chi connectivity index (χ1n) is 14.0. The van der Waals surface area contributed by atoms with E-state index >= 15 is 0 Å². The second-order valence-electron chi connectivity index (χ2n) is 12.7. The van der Waals surface area contributed by atoms with Gasteiger partial charge in [0.25, 0.3) is 5.03 Å². The summed E-state index contributed by atoms with van der Waals surface area (Å²) in [5.74, 6) is 3.20. The Kier molecular flexibility index (Phi) is 6.72. The largest absolute Gasteiger partial charge is 0.498 e. The number of fused-ring (bicyclic) bond motifs is 5. The third-order valence-corrected chi connectivity index (χ3v) is 11.8. The maximum atomic E-state index is 13.6. The third kappa shape index (κ3) is 4.30. The van der Waals surface area contributed by atoms with Gasteiger partial charge in [0.1, 0.15) is 0 Å². The van der Waals surface area contributed by atoms with E-state index < -0.39 is 9.84 Å². The number of hydrogen-bond donors (Lipinski definition) is 0. The van der Waals surface area contributed by atoms with Crippen molar-refractivity contribution in [2.24, 2.45) is 34.5 Å². The first-order chi connectivity index (χ1) is 17.5. The van der Waals surface area contributed by atoms with Gasteiger partial charge in [-0.2, -0.15) is 0 Å². The lowest BCUT2D eigenvalue weighted by Gasteiger charge is -2.56. The van der Waals surface area contributed by atoms with Crippen LogP contribution < -0.4 is 0 Å². The van der Waals surface area contributed by atoms with Crippen molar-refractivity contribution in [3.63, 3.8) is 0 Å². The predicted octanol–water partition coefficient (Wildman–Crippen LogP) is 8.03. The summed E-state index contributed by atoms with van der Waals surface area (Å²) in [5, 5.41) is -0.00871. The van der Waals surface area contributed by atoms with Crippen LogP contribution in [0.25, 0.3) is 4.85 Å². The Morgan fingerprint density at radius 3 is 2.46 bits per heavy atom. The number of hydrogen-bond acceptors (Lipinski definition) is 3. The normalized spacial score (nSPS) is 34.5. The maximum Gasteiger partial charge on any atom is 0.282 e. The summed E-state index contributed by atoms with van der Waals surface area (Å²) < 4.78 is 33.4. The lowest BCUT2D eigenvalue weighted by molar-refractivity contribution is -0.00928. The van der Waals surface area contributed by atoms with Gasteiger partial charge in [0.05, 0.1) is 23.8 Å². The molecule has 2 saturated carbocycles. The fraction of sp³-hybridized carbons (Fsp3) is 0.594. The zero-order valence-corrected chi connectivity index (χ0v) is 23.8. The molecule has 0 amide bonds. The number of ether oxygens (including phenoxy) is 1. The van der Waals surface area contributed by atoms with Gasteiger partial charge in [-0.3, -0.25) is 0 Å². The average molecular weight is 520 g/mol. The summed E-state index contributed by atoms with van der Waals surface area (Å²) in [6.07, 6.45) is 11.7. The smallest absolute Gasteiger partial charge is 0.282 e. The highest BCUT2D eigenvalue weighted by Crippen LogP contribution is 2.66. The highest BCUT2D eigenvalue weighted by molar-refractivity contribution is 7.95. The molecule has 5 atom stereocenters. The Balaban J connectivity index is 1.47. The molecule has 5 rings (SSSR count). The van der Waals surface area contributed by atoms with Crippen molar-refractivity contribution < 1.29 is 13.2 Å². The van der Waals surface area contributed by atoms with Gasteiger partial charge in [0.2, 0.25) is 9.84 Å². The standard InChI is InChI=1S/C32H41NO3S/c1-21(2)20-36-24-15-17-31(4)23(19-24)9-12-26-27-13-14-29(32(27,5)18-16-28(26)31)30(33-6)37(34,35)25-10-7-22(3)8-11-25/h7-11,19,21,26-28H,12-18,20H2,1-5H3/t26-,27-,28-,31-,32-/m0/s1. The van der Waals surface area contributed by atoms with Crippen molar-refractivity contribution in [3.05, 3.63) is 75.3 Å². The molecule has 0 unspecified atom stereocenters. The van der Waals surface area contributed by atoms with Crippen LogP contribution in [-0.2, 0) is 14.6 Å². The molecular formula is C32H41NO3S. The van der Waals surface area contributed by atoms with Crippen molar-refractivity contribution in [2.75, 3.05) is 6.61 Å². The molecule has 0 saturated heterocycles. The van der Waals surface area contributed by atoms with Crippen LogP contribution in [-0.4, -0.2) is 15.0 Å². The summed E-state index contributed by atoms with van der Waals surface area (Å²) in [4.78, 5) is 3.94. The molecule has 0 bridgehead atoms. The number of aryl methyl sites for hydroxylation is 1. The molecule has 0 aromatic heterocycles. The Labute approximate surface area is 223 Å². The highest BCUT2D eigenvalue weighted by atomic mass is 32.2. The molecular weight excluding hydrogens is 478 g/mol. The first kappa shape index (κ1) is 26.3. The Morgan fingerprint density at radius 1 is 1.08 bits per heavy atom. The second kappa shape index (κ2) is 9.45. The number of sulfone groups is 1. The zero-order valence-electron chi connectivity index (χ0n) is 23.0. The van der Waals surface area contributed by atoms with E-state index in [-0.39, 0.29) is 20.8 Å². The van der Waals surface area contributed by atoms with E-state index in [4.69, 9.17) is 11.3 Å². The summed E-state index contributed by atoms with van der Waals surface area (Å²) in [6.45, 7) is 19.7. The van der Waals surface area contributed by atoms with E-state index in [0.29, 0.717) is 30.1 Å². The van der Waals surface area contributed by atoms with Gasteiger partial charge in [-0.1, -0.05) is 51.5 Å². The van der Waals surface area contributed by atoms with Crippen LogP contribution in [0.5, 0.6) is 0 Å². The minimum atomic E-state index is -3.83. The fourth-order valence-electron chi connectivity index (χ4n) is 7.97. The van der Waals surface area contributed by atoms with Gasteiger partial charge in [-0.25, -0.2) is 13.3 Å². The van der Waals surface area contributed by atoms with E-state index in [1.54, 1.807) is 12.1 Å². The highest BCUT2D eigenvalue weighted by Gasteiger charge is 2.57. The third-order valence-electron chi connectivity index (χ3n) is 10.1. The Hall–Kier alpha value is -2.32. The molecule has 37 heavy (non-hydrogen) atoms. The van der Waals surface area contributed by atoms with E-state index in [1.807, 2.05) is 19.1 Å². The summed E-state index contributed by atoms with van der Waals surface area (Å²) in [7, 11) is -3.83. The fourth-order valence-corrected chi connectivity index (χ4v) is 9.47. The summed E-state index contributed by atoms with van der Waals surface area (Å²) in [6, 6.07) is 6.92. The zero-order chi connectivity index (χ0) is 26.6. The number of nitrogens with zero attached hydrogens (tertiary/aromatic N) is 1. The molecule has 1 aromatic rings. The SMILES string of the molecule is [C-]#[N+]C(=C1CC[C@H]2[C@@H]3CC=C4C=C(OCC(C)C)CC[C@]4(C)[C@H]3CC[C@]12C)S(=O)(=O)c1ccc(C)cc1. The average Bonchev–Trinajstić information content (AvgIpc) is 3.20. The van der Waals surface area contributed by atoms with Crippen LogP contribution in [0, 0.1) is 48.0 Å². The molecule has 0 heterocycles. The maximum absolute atomic E-state index is 13.6. The molecule has 1 aromatic carbocycles. The van der Waals surface area contributed by atoms with Gasteiger partial charge in [-0.15, -0.1) is 0 Å². The summed E-state index contributed by atoms with van der Waals surface area (Å²) in [5.41, 5.74) is 3.27. The van der Waals surface area contributed by atoms with Gasteiger partial charge < -0.3 is 4.74 Å². The van der Waals surface area contributed by atoms with Crippen LogP contribution in [0.1, 0.15) is 78.2 Å². The van der Waals surface area contributed by atoms with E-state index in [0.717, 1.165) is 62.0 Å². The van der Waals surface area contributed by atoms with Crippen molar-refractivity contribution in [1.82, 2.24) is 0 Å². The van der Waals surface area contributed by atoms with Crippen molar-refractivity contribution >= 4 is 9.84 Å². The molecule has 4 nitrogen and oxygen atoms in total. The minimum Gasteiger partial charge on any atom is -0.498 e. The Morgan fingerprint density at radius 2 is 1.78 bits per heavy atom. The minimum absolute atomic E-state index is 0.00871. The predicted molar refractivity (Wildman–Crippen MR) is 148 cm³/mol. The monoisotopic (exact) mass is 519 g/mol. The van der Waals surface area contributed by atoms with E-state index in [9.17, 15) is 8.42 Å². The molecule has 5 heteroatoms. The topological polar surface area (TPSA) is 47.7 Å². The lowest BCUT2D eigenvalue weighted by atomic mass is 9.48. The molecule has 4 aliphatic carbocycles. The first-order valence-corrected chi connectivity index (χ1v) is 15.5. The molecule has 0 aliphatic heterocycles. The van der Waals surface area contributed by atoms with Gasteiger partial charge in [0.15, 0.2) is 0 Å². The lowest BCUT2D eigenvalue weighted by Crippen LogP contribution is -2.48. The second-order valence-corrected chi connectivity index (χ2v) is 14.6. The van der Waals surface area contributed by atoms with Crippen LogP contribution in [0.3, 0.4) is 0 Å². The molecule has 0 spiro atoms. The number of rotatable bonds is 5. The molecule has 0 N–H and O–H groups in total. The van der Waals surface area contributed by atoms with Crippen LogP contribution in [0.15, 0.2) is 63.2 Å². The summed E-state index contributed by atoms with van der Waals surface area (Å²) >= 11 is 0.